The third-order valence-corrected chi connectivity index (χ3v) is 5.25. The first-order chi connectivity index (χ1) is 14.5. The van der Waals surface area contributed by atoms with E-state index in [1.54, 1.807) is 19.2 Å². The highest BCUT2D eigenvalue weighted by Gasteiger charge is 2.22. The molecule has 1 aromatic heterocycles. The largest absolute Gasteiger partial charge is 0.493 e. The van der Waals surface area contributed by atoms with Gasteiger partial charge in [0, 0.05) is 35.8 Å². The van der Waals surface area contributed by atoms with Crippen molar-refractivity contribution in [3.05, 3.63) is 59.3 Å². The number of benzene rings is 2. The van der Waals surface area contributed by atoms with Gasteiger partial charge in [0.25, 0.3) is 0 Å². The van der Waals surface area contributed by atoms with E-state index in [2.05, 4.69) is 48.0 Å². The number of carbonyl (C=O) groups excluding carboxylic acids is 1. The molecular weight excluding hydrogens is 380 g/mol. The first-order valence-corrected chi connectivity index (χ1v) is 9.90. The maximum atomic E-state index is 13.0. The fourth-order valence-corrected chi connectivity index (χ4v) is 3.62. The Morgan fingerprint density at radius 3 is 2.80 bits per heavy atom. The summed E-state index contributed by atoms with van der Waals surface area (Å²) in [6.07, 6.45) is 4.02. The van der Waals surface area contributed by atoms with Gasteiger partial charge in [0.05, 0.1) is 7.11 Å². The number of Topliss-reactive ketones (excluding diaryl/α,β-unsaturated/α-hetero) is 1. The van der Waals surface area contributed by atoms with E-state index in [-0.39, 0.29) is 12.6 Å². The molecule has 0 spiro atoms. The lowest BCUT2D eigenvalue weighted by Gasteiger charge is -2.11. The summed E-state index contributed by atoms with van der Waals surface area (Å²) in [4.78, 5) is 15.2. The van der Waals surface area contributed by atoms with E-state index >= 15 is 0 Å². The number of hydrogen-bond acceptors (Lipinski definition) is 5. The predicted octanol–water partition coefficient (Wildman–Crippen LogP) is 4.23. The number of hydrogen-bond donors (Lipinski definition) is 0. The molecular formula is C24H26N2O4. The van der Waals surface area contributed by atoms with Crippen LogP contribution >= 0.6 is 0 Å². The van der Waals surface area contributed by atoms with Crippen molar-refractivity contribution >= 4 is 22.8 Å². The van der Waals surface area contributed by atoms with Gasteiger partial charge >= 0.3 is 0 Å². The Hall–Kier alpha value is -3.25. The Balaban J connectivity index is 1.59. The lowest BCUT2D eigenvalue weighted by molar-refractivity contribution is 0.103. The molecule has 0 amide bonds. The summed E-state index contributed by atoms with van der Waals surface area (Å²) in [5.41, 5.74) is 3.34. The standard InChI is InChI=1S/C24H26N2O4/c1-16(23(27)19-13-21(28-4)24-22(14-19)29-15-30-24)11-17-5-6-20-18(12-17)7-8-26(20)10-9-25(2)3/h5-8,11-14H,9-10,15H2,1-4H3/b16-11+. The van der Waals surface area contributed by atoms with E-state index < -0.39 is 0 Å². The lowest BCUT2D eigenvalue weighted by Crippen LogP contribution is -2.17. The maximum Gasteiger partial charge on any atom is 0.231 e. The van der Waals surface area contributed by atoms with Crippen LogP contribution in [0.15, 0.2) is 48.2 Å². The first-order valence-electron chi connectivity index (χ1n) is 9.90. The SMILES string of the molecule is COc1cc(C(=O)/C(C)=C/c2ccc3c(ccn3CCN(C)C)c2)cc2c1OCO2. The number of allylic oxidation sites excluding steroid dienone is 1. The van der Waals surface area contributed by atoms with Crippen LogP contribution in [0.1, 0.15) is 22.8 Å². The molecule has 0 N–H and O–H groups in total. The Morgan fingerprint density at radius 1 is 1.20 bits per heavy atom. The van der Waals surface area contributed by atoms with Crippen LogP contribution < -0.4 is 14.2 Å². The molecule has 0 unspecified atom stereocenters. The monoisotopic (exact) mass is 406 g/mol. The van der Waals surface area contributed by atoms with Crippen LogP contribution in [0.3, 0.4) is 0 Å². The van der Waals surface area contributed by atoms with Crippen LogP contribution in [0.2, 0.25) is 0 Å². The van der Waals surface area contributed by atoms with Gasteiger partial charge in [-0.3, -0.25) is 4.79 Å². The van der Waals surface area contributed by atoms with Crippen LogP contribution in [-0.2, 0) is 6.54 Å². The van der Waals surface area contributed by atoms with E-state index in [4.69, 9.17) is 14.2 Å². The van der Waals surface area contributed by atoms with Gasteiger partial charge in [0.2, 0.25) is 12.5 Å². The van der Waals surface area contributed by atoms with Crippen LogP contribution in [0.25, 0.3) is 17.0 Å². The van der Waals surface area contributed by atoms with Gasteiger partial charge in [-0.1, -0.05) is 6.07 Å². The lowest BCUT2D eigenvalue weighted by atomic mass is 10.0. The summed E-state index contributed by atoms with van der Waals surface area (Å²) in [6.45, 7) is 3.88. The minimum absolute atomic E-state index is 0.0738. The highest BCUT2D eigenvalue weighted by atomic mass is 16.7. The summed E-state index contributed by atoms with van der Waals surface area (Å²) >= 11 is 0. The Labute approximate surface area is 176 Å². The molecule has 1 aliphatic rings. The van der Waals surface area contributed by atoms with Crippen LogP contribution in [0, 0.1) is 0 Å². The highest BCUT2D eigenvalue weighted by Crippen LogP contribution is 2.42. The second-order valence-corrected chi connectivity index (χ2v) is 7.70. The highest BCUT2D eigenvalue weighted by molar-refractivity contribution is 6.11. The topological polar surface area (TPSA) is 52.9 Å². The van der Waals surface area contributed by atoms with Crippen molar-refractivity contribution in [1.82, 2.24) is 9.47 Å². The molecule has 0 atom stereocenters. The molecule has 2 heterocycles. The number of nitrogens with zero attached hydrogens (tertiary/aromatic N) is 2. The third kappa shape index (κ3) is 3.91. The summed E-state index contributed by atoms with van der Waals surface area (Å²) in [5, 5.41) is 1.16. The van der Waals surface area contributed by atoms with E-state index in [0.29, 0.717) is 28.4 Å². The van der Waals surface area contributed by atoms with Crippen molar-refractivity contribution in [2.24, 2.45) is 0 Å². The molecule has 4 rings (SSSR count). The molecule has 0 radical (unpaired) electrons. The fourth-order valence-electron chi connectivity index (χ4n) is 3.62. The van der Waals surface area contributed by atoms with Crippen molar-refractivity contribution in [3.63, 3.8) is 0 Å². The quantitative estimate of drug-likeness (QED) is 0.434. The molecule has 0 fully saturated rings. The molecule has 6 nitrogen and oxygen atoms in total. The minimum Gasteiger partial charge on any atom is -0.493 e. The summed E-state index contributed by atoms with van der Waals surface area (Å²) in [5.74, 6) is 1.50. The summed E-state index contributed by atoms with van der Waals surface area (Å²) in [7, 11) is 5.70. The number of rotatable bonds is 7. The molecule has 1 aliphatic heterocycles. The molecule has 0 saturated carbocycles. The molecule has 3 aromatic rings. The van der Waals surface area contributed by atoms with E-state index in [9.17, 15) is 4.79 Å². The smallest absolute Gasteiger partial charge is 0.231 e. The van der Waals surface area contributed by atoms with Crippen LogP contribution in [0.4, 0.5) is 0 Å². The number of carbonyl (C=O) groups is 1. The van der Waals surface area contributed by atoms with E-state index in [0.717, 1.165) is 24.0 Å². The van der Waals surface area contributed by atoms with Gasteiger partial charge in [0.1, 0.15) is 0 Å². The Kier molecular flexibility index (Phi) is 5.50. The van der Waals surface area contributed by atoms with E-state index in [1.165, 1.54) is 5.52 Å². The molecule has 0 aliphatic carbocycles. The number of ketones is 1. The van der Waals surface area contributed by atoms with Gasteiger partial charge in [-0.15, -0.1) is 0 Å². The molecule has 156 valence electrons. The summed E-state index contributed by atoms with van der Waals surface area (Å²) in [6, 6.07) is 11.8. The van der Waals surface area contributed by atoms with Crippen LogP contribution in [-0.4, -0.2) is 49.8 Å². The number of likely N-dealkylation sites (N-methyl/N-ethyl adjacent to an activating group) is 1. The Morgan fingerprint density at radius 2 is 2.03 bits per heavy atom. The Bertz CT molecular complexity index is 1130. The number of aromatic nitrogens is 1. The van der Waals surface area contributed by atoms with Crippen molar-refractivity contribution < 1.29 is 19.0 Å². The average Bonchev–Trinajstić information content (AvgIpc) is 3.37. The number of methoxy groups -OCH3 is 1. The maximum absolute atomic E-state index is 13.0. The fraction of sp³-hybridized carbons (Fsp3) is 0.292. The predicted molar refractivity (Wildman–Crippen MR) is 118 cm³/mol. The van der Waals surface area contributed by atoms with Gasteiger partial charge in [-0.05, 0) is 68.6 Å². The first kappa shape index (κ1) is 20.0. The summed E-state index contributed by atoms with van der Waals surface area (Å²) < 4.78 is 18.4. The van der Waals surface area contributed by atoms with Gasteiger partial charge in [0.15, 0.2) is 17.3 Å². The zero-order valence-electron chi connectivity index (χ0n) is 17.8. The van der Waals surface area contributed by atoms with Gasteiger partial charge < -0.3 is 23.7 Å². The molecule has 6 heteroatoms. The third-order valence-electron chi connectivity index (χ3n) is 5.25. The van der Waals surface area contributed by atoms with Crippen LogP contribution in [0.5, 0.6) is 17.2 Å². The van der Waals surface area contributed by atoms with Crippen molar-refractivity contribution in [3.8, 4) is 17.2 Å². The average molecular weight is 406 g/mol. The molecule has 0 saturated heterocycles. The number of fused-ring (bicyclic) bond motifs is 2. The normalized spacial score (nSPS) is 13.3. The van der Waals surface area contributed by atoms with Gasteiger partial charge in [-0.25, -0.2) is 0 Å². The van der Waals surface area contributed by atoms with E-state index in [1.807, 2.05) is 19.1 Å². The second-order valence-electron chi connectivity index (χ2n) is 7.70. The molecule has 0 bridgehead atoms. The van der Waals surface area contributed by atoms with Crippen molar-refractivity contribution in [2.45, 2.75) is 13.5 Å². The zero-order chi connectivity index (χ0) is 21.3. The minimum atomic E-state index is -0.0738. The van der Waals surface area contributed by atoms with Crippen molar-refractivity contribution in [1.29, 1.82) is 0 Å². The number of ether oxygens (including phenoxy) is 3. The second kappa shape index (κ2) is 8.24. The zero-order valence-corrected chi connectivity index (χ0v) is 17.8. The molecule has 2 aromatic carbocycles. The van der Waals surface area contributed by atoms with Crippen molar-refractivity contribution in [2.75, 3.05) is 34.5 Å². The van der Waals surface area contributed by atoms with Gasteiger partial charge in [-0.2, -0.15) is 0 Å². The molecule has 30 heavy (non-hydrogen) atoms.